The predicted octanol–water partition coefficient (Wildman–Crippen LogP) is 3.47. The third-order valence-corrected chi connectivity index (χ3v) is 4.09. The van der Waals surface area contributed by atoms with Gasteiger partial charge in [-0.3, -0.25) is 9.79 Å². The summed E-state index contributed by atoms with van der Waals surface area (Å²) in [6.07, 6.45) is 1.79. The number of rotatable bonds is 2. The smallest absolute Gasteiger partial charge is 0.258 e. The van der Waals surface area contributed by atoms with Crippen LogP contribution in [0.1, 0.15) is 41.3 Å². The van der Waals surface area contributed by atoms with Crippen LogP contribution in [-0.4, -0.2) is 25.2 Å². The molecule has 118 valence electrons. The van der Waals surface area contributed by atoms with Crippen molar-refractivity contribution in [1.82, 2.24) is 0 Å². The third-order valence-electron chi connectivity index (χ3n) is 4.09. The molecule has 0 atom stereocenters. The Morgan fingerprint density at radius 3 is 2.61 bits per heavy atom. The second kappa shape index (κ2) is 6.24. The maximum Gasteiger partial charge on any atom is 0.258 e. The first-order valence-corrected chi connectivity index (χ1v) is 7.87. The Morgan fingerprint density at radius 1 is 1.17 bits per heavy atom. The molecule has 1 aliphatic rings. The van der Waals surface area contributed by atoms with Gasteiger partial charge in [0.15, 0.2) is 0 Å². The number of hydrogen-bond donors (Lipinski definition) is 1. The Bertz CT molecular complexity index is 748. The van der Waals surface area contributed by atoms with Crippen molar-refractivity contribution in [1.29, 1.82) is 0 Å². The van der Waals surface area contributed by atoms with E-state index in [-0.39, 0.29) is 5.91 Å². The van der Waals surface area contributed by atoms with E-state index < -0.39 is 0 Å². The molecule has 0 aliphatic carbocycles. The monoisotopic (exact) mass is 307 g/mol. The molecular formula is C19H21N3O. The summed E-state index contributed by atoms with van der Waals surface area (Å²) >= 11 is 0. The molecule has 0 spiro atoms. The maximum absolute atomic E-state index is 12.9. The van der Waals surface area contributed by atoms with Gasteiger partial charge in [0.1, 0.15) is 0 Å². The first kappa shape index (κ1) is 15.3. The molecule has 4 nitrogen and oxygen atoms in total. The van der Waals surface area contributed by atoms with E-state index in [1.807, 2.05) is 42.5 Å². The molecule has 0 saturated heterocycles. The van der Waals surface area contributed by atoms with Gasteiger partial charge in [-0.2, -0.15) is 0 Å². The average Bonchev–Trinajstić information content (AvgIpc) is 2.76. The standard InChI is InChI=1S/C19H21N3O/c1-13(2)14-3-5-15(6-4-14)19(23)22-10-9-21-12-16-11-17(20)7-8-18(16)22/h3-8,11-13H,9-10,20H2,1-2H3. The second-order valence-electron chi connectivity index (χ2n) is 6.09. The second-order valence-corrected chi connectivity index (χ2v) is 6.09. The van der Waals surface area contributed by atoms with E-state index in [1.54, 1.807) is 11.1 Å². The van der Waals surface area contributed by atoms with Crippen molar-refractivity contribution in [3.05, 3.63) is 59.2 Å². The molecule has 1 heterocycles. The van der Waals surface area contributed by atoms with E-state index in [4.69, 9.17) is 5.73 Å². The highest BCUT2D eigenvalue weighted by atomic mass is 16.2. The number of hydrogen-bond acceptors (Lipinski definition) is 3. The molecule has 2 aromatic rings. The summed E-state index contributed by atoms with van der Waals surface area (Å²) in [6.45, 7) is 5.44. The van der Waals surface area contributed by atoms with Crippen LogP contribution in [-0.2, 0) is 0 Å². The molecule has 1 amide bonds. The highest BCUT2D eigenvalue weighted by molar-refractivity contribution is 6.09. The van der Waals surface area contributed by atoms with Crippen molar-refractivity contribution in [3.63, 3.8) is 0 Å². The van der Waals surface area contributed by atoms with Gasteiger partial charge in [-0.15, -0.1) is 0 Å². The summed E-state index contributed by atoms with van der Waals surface area (Å²) in [6, 6.07) is 13.4. The fourth-order valence-corrected chi connectivity index (χ4v) is 2.74. The van der Waals surface area contributed by atoms with Crippen LogP contribution in [0.3, 0.4) is 0 Å². The van der Waals surface area contributed by atoms with E-state index in [0.29, 0.717) is 30.3 Å². The van der Waals surface area contributed by atoms with Crippen LogP contribution in [0.25, 0.3) is 0 Å². The number of nitrogens with zero attached hydrogens (tertiary/aromatic N) is 2. The molecule has 4 heteroatoms. The van der Waals surface area contributed by atoms with Crippen molar-refractivity contribution >= 4 is 23.5 Å². The van der Waals surface area contributed by atoms with E-state index in [0.717, 1.165) is 11.3 Å². The number of anilines is 2. The first-order chi connectivity index (χ1) is 11.1. The van der Waals surface area contributed by atoms with Crippen LogP contribution < -0.4 is 10.6 Å². The first-order valence-electron chi connectivity index (χ1n) is 7.87. The van der Waals surface area contributed by atoms with E-state index in [1.165, 1.54) is 5.56 Å². The van der Waals surface area contributed by atoms with Crippen LogP contribution in [0, 0.1) is 0 Å². The molecule has 0 saturated carbocycles. The Labute approximate surface area is 136 Å². The van der Waals surface area contributed by atoms with Gasteiger partial charge in [-0.1, -0.05) is 26.0 Å². The summed E-state index contributed by atoms with van der Waals surface area (Å²) in [5, 5.41) is 0. The highest BCUT2D eigenvalue weighted by Crippen LogP contribution is 2.25. The molecule has 2 N–H and O–H groups in total. The largest absolute Gasteiger partial charge is 0.399 e. The van der Waals surface area contributed by atoms with E-state index in [9.17, 15) is 4.79 Å². The van der Waals surface area contributed by atoms with Crippen LogP contribution in [0.15, 0.2) is 47.5 Å². The molecule has 0 fully saturated rings. The fourth-order valence-electron chi connectivity index (χ4n) is 2.74. The molecule has 0 aromatic heterocycles. The molecule has 3 rings (SSSR count). The average molecular weight is 307 g/mol. The maximum atomic E-state index is 12.9. The zero-order chi connectivity index (χ0) is 16.4. The topological polar surface area (TPSA) is 58.7 Å². The number of nitrogen functional groups attached to an aromatic ring is 1. The van der Waals surface area contributed by atoms with Crippen molar-refractivity contribution in [2.75, 3.05) is 23.7 Å². The molecule has 0 radical (unpaired) electrons. The van der Waals surface area contributed by atoms with Gasteiger partial charge in [0.05, 0.1) is 12.2 Å². The van der Waals surface area contributed by atoms with Crippen molar-refractivity contribution in [2.45, 2.75) is 19.8 Å². The van der Waals surface area contributed by atoms with Crippen LogP contribution in [0.4, 0.5) is 11.4 Å². The van der Waals surface area contributed by atoms with E-state index >= 15 is 0 Å². The number of amides is 1. The Morgan fingerprint density at radius 2 is 1.91 bits per heavy atom. The summed E-state index contributed by atoms with van der Waals surface area (Å²) in [7, 11) is 0. The molecule has 0 unspecified atom stereocenters. The van der Waals surface area contributed by atoms with Gasteiger partial charge in [-0.25, -0.2) is 0 Å². The normalized spacial score (nSPS) is 13.8. The number of carbonyl (C=O) groups excluding carboxylic acids is 1. The van der Waals surface area contributed by atoms with E-state index in [2.05, 4.69) is 18.8 Å². The SMILES string of the molecule is CC(C)c1ccc(C(=O)N2CCN=Cc3cc(N)ccc32)cc1. The minimum atomic E-state index is -0.00294. The zero-order valence-corrected chi connectivity index (χ0v) is 13.5. The molecule has 1 aliphatic heterocycles. The number of aliphatic imine (C=N–C) groups is 1. The number of nitrogens with two attached hydrogens (primary N) is 1. The lowest BCUT2D eigenvalue weighted by atomic mass is 10.0. The third kappa shape index (κ3) is 3.11. The van der Waals surface area contributed by atoms with Crippen molar-refractivity contribution in [3.8, 4) is 0 Å². The molecule has 23 heavy (non-hydrogen) atoms. The Hall–Kier alpha value is -2.62. The van der Waals surface area contributed by atoms with Crippen LogP contribution >= 0.6 is 0 Å². The van der Waals surface area contributed by atoms with Crippen molar-refractivity contribution in [2.24, 2.45) is 4.99 Å². The minimum Gasteiger partial charge on any atom is -0.399 e. The predicted molar refractivity (Wildman–Crippen MR) is 95.5 cm³/mol. The van der Waals surface area contributed by atoms with Crippen molar-refractivity contribution < 1.29 is 4.79 Å². The van der Waals surface area contributed by atoms with Gasteiger partial charge < -0.3 is 10.6 Å². The molecule has 0 bridgehead atoms. The van der Waals surface area contributed by atoms with Gasteiger partial charge in [-0.05, 0) is 41.8 Å². The van der Waals surface area contributed by atoms with Gasteiger partial charge in [0, 0.05) is 29.6 Å². The number of carbonyl (C=O) groups is 1. The lowest BCUT2D eigenvalue weighted by molar-refractivity contribution is 0.0987. The number of benzene rings is 2. The number of fused-ring (bicyclic) bond motifs is 1. The van der Waals surface area contributed by atoms with Crippen LogP contribution in [0.5, 0.6) is 0 Å². The summed E-state index contributed by atoms with van der Waals surface area (Å²) in [5.41, 5.74) is 10.2. The van der Waals surface area contributed by atoms with Gasteiger partial charge in [0.25, 0.3) is 5.91 Å². The molecule has 2 aromatic carbocycles. The highest BCUT2D eigenvalue weighted by Gasteiger charge is 2.21. The Balaban J connectivity index is 1.94. The lowest BCUT2D eigenvalue weighted by Crippen LogP contribution is -2.33. The fraction of sp³-hybridized carbons (Fsp3) is 0.263. The van der Waals surface area contributed by atoms with Gasteiger partial charge in [0.2, 0.25) is 0 Å². The Kier molecular flexibility index (Phi) is 4.15. The zero-order valence-electron chi connectivity index (χ0n) is 13.5. The van der Waals surface area contributed by atoms with Gasteiger partial charge >= 0.3 is 0 Å². The van der Waals surface area contributed by atoms with Crippen LogP contribution in [0.2, 0.25) is 0 Å². The summed E-state index contributed by atoms with van der Waals surface area (Å²) in [4.78, 5) is 19.0. The summed E-state index contributed by atoms with van der Waals surface area (Å²) < 4.78 is 0. The summed E-state index contributed by atoms with van der Waals surface area (Å²) in [5.74, 6) is 0.450. The molecular weight excluding hydrogens is 286 g/mol. The minimum absolute atomic E-state index is 0.00294. The number of benzodiazepines with no additional fused rings is 1. The lowest BCUT2D eigenvalue weighted by Gasteiger charge is -2.23. The quantitative estimate of drug-likeness (QED) is 0.864.